The molecule has 3 amide bonds. The number of hydrogen-bond donors (Lipinski definition) is 2. The van der Waals surface area contributed by atoms with Gasteiger partial charge in [-0.3, -0.25) is 15.0 Å². The minimum Gasteiger partial charge on any atom is -0.371 e. The second kappa shape index (κ2) is 7.28. The summed E-state index contributed by atoms with van der Waals surface area (Å²) >= 11 is 11.9. The number of benzene rings is 1. The van der Waals surface area contributed by atoms with Gasteiger partial charge in [0, 0.05) is 13.1 Å². The fraction of sp³-hybridized carbons (Fsp3) is 0.429. The van der Waals surface area contributed by atoms with Gasteiger partial charge in [-0.15, -0.1) is 0 Å². The quantitative estimate of drug-likeness (QED) is 0.876. The molecule has 2 atom stereocenters. The molecule has 0 aromatic heterocycles. The van der Waals surface area contributed by atoms with Crippen molar-refractivity contribution in [3.8, 4) is 0 Å². The van der Waals surface area contributed by atoms with E-state index in [-0.39, 0.29) is 6.10 Å². The summed E-state index contributed by atoms with van der Waals surface area (Å²) < 4.78 is 5.73. The number of amides is 3. The zero-order valence-electron chi connectivity index (χ0n) is 12.0. The van der Waals surface area contributed by atoms with E-state index in [0.29, 0.717) is 29.7 Å². The Bertz CT molecular complexity index is 582. The average Bonchev–Trinajstić information content (AvgIpc) is 2.48. The van der Waals surface area contributed by atoms with Crippen molar-refractivity contribution >= 4 is 35.1 Å². The minimum absolute atomic E-state index is 0.215. The number of nitrogens with two attached hydrogens (primary N) is 1. The first-order valence-electron chi connectivity index (χ1n) is 6.79. The van der Waals surface area contributed by atoms with Crippen molar-refractivity contribution in [2.45, 2.75) is 19.1 Å². The van der Waals surface area contributed by atoms with Crippen LogP contribution in [0.4, 0.5) is 4.79 Å². The Kier molecular flexibility index (Phi) is 5.63. The van der Waals surface area contributed by atoms with E-state index in [1.165, 1.54) is 0 Å². The Morgan fingerprint density at radius 1 is 1.41 bits per heavy atom. The van der Waals surface area contributed by atoms with Gasteiger partial charge in [-0.25, -0.2) is 4.79 Å². The van der Waals surface area contributed by atoms with E-state index in [1.54, 1.807) is 19.1 Å². The molecule has 1 saturated heterocycles. The predicted octanol–water partition coefficient (Wildman–Crippen LogP) is 1.95. The van der Waals surface area contributed by atoms with E-state index in [9.17, 15) is 9.59 Å². The number of nitrogens with one attached hydrogen (secondary N) is 1. The Labute approximate surface area is 138 Å². The summed E-state index contributed by atoms with van der Waals surface area (Å²) in [5.41, 5.74) is 5.86. The first-order chi connectivity index (χ1) is 10.4. The molecule has 8 heteroatoms. The first kappa shape index (κ1) is 17.0. The summed E-state index contributed by atoms with van der Waals surface area (Å²) in [6.45, 7) is 3.28. The number of imide groups is 1. The fourth-order valence-corrected chi connectivity index (χ4v) is 2.63. The van der Waals surface area contributed by atoms with E-state index >= 15 is 0 Å². The molecule has 0 unspecified atom stereocenters. The highest BCUT2D eigenvalue weighted by molar-refractivity contribution is 6.42. The molecule has 1 aromatic rings. The van der Waals surface area contributed by atoms with Crippen molar-refractivity contribution in [1.29, 1.82) is 0 Å². The molecule has 2 rings (SSSR count). The van der Waals surface area contributed by atoms with E-state index in [0.717, 1.165) is 5.56 Å². The number of carbonyl (C=O) groups excluding carboxylic acids is 2. The molecule has 0 radical (unpaired) electrons. The van der Waals surface area contributed by atoms with Crippen LogP contribution in [0.2, 0.25) is 10.0 Å². The average molecular weight is 346 g/mol. The SMILES string of the molecule is C[C@@H](C(=O)NC(N)=O)N1CCO[C@@H](c2ccc(Cl)c(Cl)c2)C1. The maximum Gasteiger partial charge on any atom is 0.318 e. The van der Waals surface area contributed by atoms with Crippen LogP contribution in [-0.2, 0) is 9.53 Å². The van der Waals surface area contributed by atoms with Gasteiger partial charge in [0.25, 0.3) is 0 Å². The van der Waals surface area contributed by atoms with Gasteiger partial charge in [-0.2, -0.15) is 0 Å². The molecule has 1 aromatic carbocycles. The number of primary amides is 1. The summed E-state index contributed by atoms with van der Waals surface area (Å²) in [7, 11) is 0. The van der Waals surface area contributed by atoms with Crippen molar-refractivity contribution in [1.82, 2.24) is 10.2 Å². The van der Waals surface area contributed by atoms with Crippen molar-refractivity contribution in [2.24, 2.45) is 5.73 Å². The Morgan fingerprint density at radius 2 is 2.14 bits per heavy atom. The van der Waals surface area contributed by atoms with Crippen LogP contribution in [0.25, 0.3) is 0 Å². The van der Waals surface area contributed by atoms with Gasteiger partial charge in [-0.05, 0) is 24.6 Å². The molecule has 120 valence electrons. The zero-order valence-corrected chi connectivity index (χ0v) is 13.5. The third-order valence-corrected chi connectivity index (χ3v) is 4.33. The number of halogens is 2. The highest BCUT2D eigenvalue weighted by atomic mass is 35.5. The molecule has 1 aliphatic heterocycles. The maximum absolute atomic E-state index is 11.9. The van der Waals surface area contributed by atoms with Crippen LogP contribution >= 0.6 is 23.2 Å². The van der Waals surface area contributed by atoms with Gasteiger partial charge in [0.15, 0.2) is 0 Å². The summed E-state index contributed by atoms with van der Waals surface area (Å²) in [6.07, 6.45) is -0.215. The molecule has 22 heavy (non-hydrogen) atoms. The van der Waals surface area contributed by atoms with Crippen molar-refractivity contribution in [3.05, 3.63) is 33.8 Å². The first-order valence-corrected chi connectivity index (χ1v) is 7.55. The van der Waals surface area contributed by atoms with Crippen LogP contribution in [0.15, 0.2) is 18.2 Å². The third-order valence-electron chi connectivity index (χ3n) is 3.59. The van der Waals surface area contributed by atoms with Crippen LogP contribution in [-0.4, -0.2) is 42.6 Å². The number of rotatable bonds is 3. The van der Waals surface area contributed by atoms with E-state index in [4.69, 9.17) is 33.7 Å². The van der Waals surface area contributed by atoms with Gasteiger partial charge in [0.2, 0.25) is 5.91 Å². The Balaban J connectivity index is 2.06. The van der Waals surface area contributed by atoms with Gasteiger partial charge < -0.3 is 10.5 Å². The van der Waals surface area contributed by atoms with E-state index in [2.05, 4.69) is 5.32 Å². The van der Waals surface area contributed by atoms with Crippen LogP contribution < -0.4 is 11.1 Å². The number of hydrogen-bond acceptors (Lipinski definition) is 4. The largest absolute Gasteiger partial charge is 0.371 e. The number of nitrogens with zero attached hydrogens (tertiary/aromatic N) is 1. The molecule has 0 aliphatic carbocycles. The molecular weight excluding hydrogens is 329 g/mol. The number of carbonyl (C=O) groups is 2. The summed E-state index contributed by atoms with van der Waals surface area (Å²) in [5, 5.41) is 3.03. The van der Waals surface area contributed by atoms with Gasteiger partial charge in [0.05, 0.1) is 28.8 Å². The Hall–Kier alpha value is -1.34. The fourth-order valence-electron chi connectivity index (χ4n) is 2.33. The second-order valence-corrected chi connectivity index (χ2v) is 5.87. The van der Waals surface area contributed by atoms with Crippen LogP contribution in [0.3, 0.4) is 0 Å². The molecule has 0 saturated carbocycles. The Morgan fingerprint density at radius 3 is 2.77 bits per heavy atom. The van der Waals surface area contributed by atoms with Crippen molar-refractivity contribution < 1.29 is 14.3 Å². The molecule has 0 bridgehead atoms. The normalized spacial score (nSPS) is 20.4. The zero-order chi connectivity index (χ0) is 16.3. The lowest BCUT2D eigenvalue weighted by Crippen LogP contribution is -2.52. The molecule has 1 heterocycles. The van der Waals surface area contributed by atoms with Crippen LogP contribution in [0, 0.1) is 0 Å². The number of morpholine rings is 1. The molecule has 3 N–H and O–H groups in total. The maximum atomic E-state index is 11.9. The number of urea groups is 1. The van der Waals surface area contributed by atoms with Gasteiger partial charge >= 0.3 is 6.03 Å². The molecule has 0 spiro atoms. The summed E-state index contributed by atoms with van der Waals surface area (Å²) in [4.78, 5) is 24.6. The van der Waals surface area contributed by atoms with Gasteiger partial charge in [0.1, 0.15) is 0 Å². The molecular formula is C14H17Cl2N3O3. The minimum atomic E-state index is -0.855. The standard InChI is InChI=1S/C14H17Cl2N3O3/c1-8(13(20)18-14(17)21)19-4-5-22-12(7-19)9-2-3-10(15)11(16)6-9/h2-3,6,8,12H,4-5,7H2,1H3,(H3,17,18,20,21)/t8-,12+/m0/s1. The highest BCUT2D eigenvalue weighted by Crippen LogP contribution is 2.29. The topological polar surface area (TPSA) is 84.7 Å². The lowest BCUT2D eigenvalue weighted by molar-refractivity contribution is -0.128. The van der Waals surface area contributed by atoms with Crippen molar-refractivity contribution in [3.63, 3.8) is 0 Å². The van der Waals surface area contributed by atoms with E-state index in [1.807, 2.05) is 11.0 Å². The third kappa shape index (κ3) is 4.10. The molecule has 6 nitrogen and oxygen atoms in total. The lowest BCUT2D eigenvalue weighted by atomic mass is 10.1. The number of ether oxygens (including phenoxy) is 1. The molecule has 1 fully saturated rings. The highest BCUT2D eigenvalue weighted by Gasteiger charge is 2.29. The predicted molar refractivity (Wildman–Crippen MR) is 83.9 cm³/mol. The monoisotopic (exact) mass is 345 g/mol. The van der Waals surface area contributed by atoms with E-state index < -0.39 is 18.0 Å². The smallest absolute Gasteiger partial charge is 0.318 e. The lowest BCUT2D eigenvalue weighted by Gasteiger charge is -2.36. The second-order valence-electron chi connectivity index (χ2n) is 5.06. The van der Waals surface area contributed by atoms with Gasteiger partial charge in [-0.1, -0.05) is 29.3 Å². The van der Waals surface area contributed by atoms with Crippen LogP contribution in [0.1, 0.15) is 18.6 Å². The summed E-state index contributed by atoms with van der Waals surface area (Å²) in [6, 6.07) is 3.97. The summed E-state index contributed by atoms with van der Waals surface area (Å²) in [5.74, 6) is -0.428. The van der Waals surface area contributed by atoms with Crippen molar-refractivity contribution in [2.75, 3.05) is 19.7 Å². The molecule has 1 aliphatic rings. The van der Waals surface area contributed by atoms with Crippen LogP contribution in [0.5, 0.6) is 0 Å².